The van der Waals surface area contributed by atoms with Gasteiger partial charge in [0, 0.05) is 6.07 Å². The molecule has 5 nitrogen and oxygen atoms in total. The summed E-state index contributed by atoms with van der Waals surface area (Å²) in [6.45, 7) is 2.43. The van der Waals surface area contributed by atoms with Crippen LogP contribution in [0.1, 0.15) is 25.3 Å². The fraction of sp³-hybridized carbons (Fsp3) is 0.435. The van der Waals surface area contributed by atoms with Crippen molar-refractivity contribution < 1.29 is 28.1 Å². The summed E-state index contributed by atoms with van der Waals surface area (Å²) in [5.41, 5.74) is 1.03. The molecule has 2 aromatic rings. The Kier molecular flexibility index (Phi) is 6.96. The summed E-state index contributed by atoms with van der Waals surface area (Å²) in [5.74, 6) is 1.14. The van der Waals surface area contributed by atoms with E-state index >= 15 is 0 Å². The number of esters is 1. The molecule has 0 aromatic heterocycles. The van der Waals surface area contributed by atoms with Gasteiger partial charge in [0.15, 0.2) is 11.6 Å². The van der Waals surface area contributed by atoms with Crippen molar-refractivity contribution in [3.63, 3.8) is 0 Å². The molecule has 1 aliphatic carbocycles. The van der Waals surface area contributed by atoms with E-state index in [0.717, 1.165) is 24.2 Å². The Morgan fingerprint density at radius 3 is 2.66 bits per heavy atom. The highest BCUT2D eigenvalue weighted by atomic mass is 19.1. The van der Waals surface area contributed by atoms with E-state index in [1.54, 1.807) is 19.2 Å². The van der Waals surface area contributed by atoms with Crippen LogP contribution in [0.25, 0.3) is 0 Å². The van der Waals surface area contributed by atoms with Gasteiger partial charge in [-0.15, -0.1) is 0 Å². The predicted octanol–water partition coefficient (Wildman–Crippen LogP) is 4.42. The maximum Gasteiger partial charge on any atom is 0.308 e. The van der Waals surface area contributed by atoms with E-state index in [-0.39, 0.29) is 29.6 Å². The number of carbonyl (C=O) groups is 1. The molecular formula is C23H27FO5. The van der Waals surface area contributed by atoms with Crippen LogP contribution in [-0.2, 0) is 16.0 Å². The fourth-order valence-corrected chi connectivity index (χ4v) is 3.40. The first kappa shape index (κ1) is 21.0. The van der Waals surface area contributed by atoms with Crippen LogP contribution in [0.2, 0.25) is 0 Å². The summed E-state index contributed by atoms with van der Waals surface area (Å²) in [6, 6.07) is 12.2. The van der Waals surface area contributed by atoms with Gasteiger partial charge in [-0.1, -0.05) is 19.1 Å². The van der Waals surface area contributed by atoms with E-state index in [4.69, 9.17) is 18.9 Å². The Bertz CT molecular complexity index is 832. The van der Waals surface area contributed by atoms with E-state index in [2.05, 4.69) is 0 Å². The van der Waals surface area contributed by atoms with Crippen LogP contribution in [0.3, 0.4) is 0 Å². The second-order valence-electron chi connectivity index (χ2n) is 7.46. The molecule has 0 heterocycles. The van der Waals surface area contributed by atoms with Crippen molar-refractivity contribution in [2.24, 2.45) is 11.8 Å². The van der Waals surface area contributed by atoms with E-state index in [9.17, 15) is 9.18 Å². The molecule has 0 radical (unpaired) electrons. The van der Waals surface area contributed by atoms with Crippen LogP contribution >= 0.6 is 0 Å². The minimum Gasteiger partial charge on any atom is -0.497 e. The molecule has 0 aliphatic heterocycles. The topological polar surface area (TPSA) is 54.0 Å². The maximum atomic E-state index is 13.9. The lowest BCUT2D eigenvalue weighted by Gasteiger charge is -2.35. The number of hydrogen-bond donors (Lipinski definition) is 0. The number of halogens is 1. The highest BCUT2D eigenvalue weighted by Crippen LogP contribution is 2.34. The van der Waals surface area contributed by atoms with Gasteiger partial charge in [0.2, 0.25) is 0 Å². The van der Waals surface area contributed by atoms with Crippen molar-refractivity contribution in [1.82, 2.24) is 0 Å². The smallest absolute Gasteiger partial charge is 0.308 e. The monoisotopic (exact) mass is 402 g/mol. The van der Waals surface area contributed by atoms with Crippen LogP contribution in [-0.4, -0.2) is 32.9 Å². The molecule has 29 heavy (non-hydrogen) atoms. The van der Waals surface area contributed by atoms with Gasteiger partial charge in [0.05, 0.1) is 32.8 Å². The molecule has 1 aliphatic rings. The standard InChI is InChI=1S/C23H27FO5/c1-15(23(25)27-3)9-16-5-4-6-19(10-16)28-14-17-11-20(12-17)29-22-13-18(26-2)7-8-21(22)24/h4-8,10,13,15,17,20H,9,11-12,14H2,1-3H3. The third kappa shape index (κ3) is 5.62. The third-order valence-electron chi connectivity index (χ3n) is 5.15. The molecule has 6 heteroatoms. The normalized spacial score (nSPS) is 19.0. The van der Waals surface area contributed by atoms with Gasteiger partial charge < -0.3 is 18.9 Å². The van der Waals surface area contributed by atoms with Crippen molar-refractivity contribution in [1.29, 1.82) is 0 Å². The first-order chi connectivity index (χ1) is 14.0. The Morgan fingerprint density at radius 1 is 1.14 bits per heavy atom. The summed E-state index contributed by atoms with van der Waals surface area (Å²) in [6.07, 6.45) is 2.22. The summed E-state index contributed by atoms with van der Waals surface area (Å²) in [5, 5.41) is 0. The maximum absolute atomic E-state index is 13.9. The lowest BCUT2D eigenvalue weighted by atomic mass is 9.83. The van der Waals surface area contributed by atoms with Crippen LogP contribution in [0.15, 0.2) is 42.5 Å². The average Bonchev–Trinajstić information content (AvgIpc) is 2.70. The van der Waals surface area contributed by atoms with E-state index < -0.39 is 0 Å². The van der Waals surface area contributed by atoms with Gasteiger partial charge >= 0.3 is 5.97 Å². The van der Waals surface area contributed by atoms with E-state index in [1.807, 2.05) is 31.2 Å². The summed E-state index contributed by atoms with van der Waals surface area (Å²) in [4.78, 5) is 11.6. The largest absolute Gasteiger partial charge is 0.497 e. The Morgan fingerprint density at radius 2 is 1.93 bits per heavy atom. The van der Waals surface area contributed by atoms with Crippen LogP contribution < -0.4 is 14.2 Å². The zero-order chi connectivity index (χ0) is 20.8. The minimum atomic E-state index is -0.386. The molecule has 1 saturated carbocycles. The van der Waals surface area contributed by atoms with Gasteiger partial charge in [0.25, 0.3) is 0 Å². The van der Waals surface area contributed by atoms with Crippen molar-refractivity contribution in [3.05, 3.63) is 53.8 Å². The second-order valence-corrected chi connectivity index (χ2v) is 7.46. The van der Waals surface area contributed by atoms with Crippen LogP contribution in [0.4, 0.5) is 4.39 Å². The zero-order valence-electron chi connectivity index (χ0n) is 17.0. The lowest BCUT2D eigenvalue weighted by Crippen LogP contribution is -2.37. The summed E-state index contributed by atoms with van der Waals surface area (Å²) in [7, 11) is 2.94. The molecule has 1 unspecified atom stereocenters. The SMILES string of the molecule is COC(=O)C(C)Cc1cccc(OCC2CC(Oc3cc(OC)ccc3F)C2)c1. The van der Waals surface area contributed by atoms with E-state index in [0.29, 0.717) is 24.7 Å². The van der Waals surface area contributed by atoms with Crippen LogP contribution in [0, 0.1) is 17.7 Å². The van der Waals surface area contributed by atoms with Crippen molar-refractivity contribution in [2.45, 2.75) is 32.3 Å². The summed E-state index contributed by atoms with van der Waals surface area (Å²) < 4.78 is 35.4. The molecule has 0 spiro atoms. The van der Waals surface area contributed by atoms with Crippen molar-refractivity contribution >= 4 is 5.97 Å². The summed E-state index contributed by atoms with van der Waals surface area (Å²) >= 11 is 0. The Balaban J connectivity index is 1.44. The second kappa shape index (κ2) is 9.63. The van der Waals surface area contributed by atoms with Gasteiger partial charge in [-0.05, 0) is 55.0 Å². The average molecular weight is 402 g/mol. The lowest BCUT2D eigenvalue weighted by molar-refractivity contribution is -0.144. The quantitative estimate of drug-likeness (QED) is 0.581. The highest BCUT2D eigenvalue weighted by Gasteiger charge is 2.32. The van der Waals surface area contributed by atoms with Crippen molar-refractivity contribution in [2.75, 3.05) is 20.8 Å². The molecule has 0 bridgehead atoms. The molecule has 2 aromatic carbocycles. The van der Waals surface area contributed by atoms with Gasteiger partial charge in [-0.3, -0.25) is 4.79 Å². The molecule has 0 saturated heterocycles. The van der Waals surface area contributed by atoms with E-state index in [1.165, 1.54) is 13.2 Å². The predicted molar refractivity (Wildman–Crippen MR) is 107 cm³/mol. The number of rotatable bonds is 9. The molecule has 1 fully saturated rings. The highest BCUT2D eigenvalue weighted by molar-refractivity contribution is 5.72. The number of carbonyl (C=O) groups excluding carboxylic acids is 1. The number of hydrogen-bond acceptors (Lipinski definition) is 5. The molecule has 3 rings (SSSR count). The van der Waals surface area contributed by atoms with Gasteiger partial charge in [0.1, 0.15) is 11.5 Å². The molecule has 0 N–H and O–H groups in total. The third-order valence-corrected chi connectivity index (χ3v) is 5.15. The molecule has 156 valence electrons. The van der Waals surface area contributed by atoms with Gasteiger partial charge in [-0.2, -0.15) is 0 Å². The van der Waals surface area contributed by atoms with Crippen LogP contribution in [0.5, 0.6) is 17.2 Å². The molecular weight excluding hydrogens is 375 g/mol. The Hall–Kier alpha value is -2.76. The first-order valence-corrected chi connectivity index (χ1v) is 9.78. The fourth-order valence-electron chi connectivity index (χ4n) is 3.40. The number of ether oxygens (including phenoxy) is 4. The molecule has 1 atom stereocenters. The molecule has 0 amide bonds. The zero-order valence-corrected chi connectivity index (χ0v) is 17.0. The van der Waals surface area contributed by atoms with Crippen molar-refractivity contribution in [3.8, 4) is 17.2 Å². The number of benzene rings is 2. The number of methoxy groups -OCH3 is 2. The van der Waals surface area contributed by atoms with Gasteiger partial charge in [-0.25, -0.2) is 4.39 Å². The Labute approximate surface area is 170 Å². The minimum absolute atomic E-state index is 0.0163. The first-order valence-electron chi connectivity index (χ1n) is 9.78.